The molecule has 0 aliphatic carbocycles. The van der Waals surface area contributed by atoms with E-state index >= 15 is 0 Å². The van der Waals surface area contributed by atoms with Gasteiger partial charge in [-0.2, -0.15) is 0 Å². The van der Waals surface area contributed by atoms with Crippen LogP contribution >= 0.6 is 0 Å². The largest absolute Gasteiger partial charge is 0.290 e. The molecule has 4 heteroatoms. The predicted octanol–water partition coefficient (Wildman–Crippen LogP) is 3.04. The van der Waals surface area contributed by atoms with Crippen LogP contribution in [0, 0.1) is 5.92 Å². The molecule has 4 nitrogen and oxygen atoms in total. The highest BCUT2D eigenvalue weighted by atomic mass is 16.1. The third-order valence-electron chi connectivity index (χ3n) is 4.10. The Kier molecular flexibility index (Phi) is 3.38. The van der Waals surface area contributed by atoms with E-state index in [9.17, 15) is 4.79 Å². The van der Waals surface area contributed by atoms with Gasteiger partial charge in [-0.1, -0.05) is 44.2 Å². The number of aryl methyl sites for hydroxylation is 1. The van der Waals surface area contributed by atoms with Gasteiger partial charge in [0.25, 0.3) is 0 Å². The van der Waals surface area contributed by atoms with Crippen molar-refractivity contribution in [2.75, 3.05) is 0 Å². The number of aromatic nitrogens is 3. The first-order valence-electron chi connectivity index (χ1n) is 7.25. The summed E-state index contributed by atoms with van der Waals surface area (Å²) in [6.45, 7) is 3.95. The lowest BCUT2D eigenvalue weighted by atomic mass is 10.0. The Morgan fingerprint density at radius 3 is 2.85 bits per heavy atom. The molecule has 0 saturated carbocycles. The van der Waals surface area contributed by atoms with Crippen LogP contribution in [0.15, 0.2) is 30.3 Å². The average molecular weight is 269 g/mol. The monoisotopic (exact) mass is 269 g/mol. The Morgan fingerprint density at radius 1 is 1.40 bits per heavy atom. The summed E-state index contributed by atoms with van der Waals surface area (Å²) in [4.78, 5) is 16.6. The third-order valence-corrected chi connectivity index (χ3v) is 4.10. The first-order chi connectivity index (χ1) is 9.70. The first kappa shape index (κ1) is 13.0. The Bertz CT molecular complexity index is 618. The topological polar surface area (TPSA) is 47.8 Å². The zero-order valence-electron chi connectivity index (χ0n) is 11.9. The number of rotatable bonds is 4. The maximum absolute atomic E-state index is 12.2. The predicted molar refractivity (Wildman–Crippen MR) is 76.7 cm³/mol. The maximum atomic E-state index is 12.2. The minimum Gasteiger partial charge on any atom is -0.290 e. The van der Waals surface area contributed by atoms with Crippen LogP contribution in [0.2, 0.25) is 0 Å². The van der Waals surface area contributed by atoms with Crippen molar-refractivity contribution in [3.8, 4) is 0 Å². The molecule has 3 rings (SSSR count). The second kappa shape index (κ2) is 5.19. The summed E-state index contributed by atoms with van der Waals surface area (Å²) in [7, 11) is 0. The molecule has 0 amide bonds. The Labute approximate surface area is 118 Å². The van der Waals surface area contributed by atoms with Crippen LogP contribution in [0.3, 0.4) is 0 Å². The summed E-state index contributed by atoms with van der Waals surface area (Å²) in [6.07, 6.45) is 2.72. The number of hydrogen-bond acceptors (Lipinski definition) is 3. The summed E-state index contributed by atoms with van der Waals surface area (Å²) >= 11 is 0. The van der Waals surface area contributed by atoms with Crippen molar-refractivity contribution >= 4 is 5.78 Å². The van der Waals surface area contributed by atoms with Crippen LogP contribution < -0.4 is 0 Å². The molecular weight excluding hydrogens is 250 g/mol. The Balaban J connectivity index is 1.91. The van der Waals surface area contributed by atoms with Gasteiger partial charge in [0.15, 0.2) is 0 Å². The third kappa shape index (κ3) is 2.15. The summed E-state index contributed by atoms with van der Waals surface area (Å²) in [5.74, 6) is 1.37. The number of benzene rings is 1. The van der Waals surface area contributed by atoms with E-state index in [1.54, 1.807) is 0 Å². The number of Topliss-reactive ketones (excluding diaryl/α,β-unsaturated/α-hetero) is 1. The number of carbonyl (C=O) groups excluding carboxylic acids is 1. The van der Waals surface area contributed by atoms with Crippen molar-refractivity contribution in [1.29, 1.82) is 0 Å². The van der Waals surface area contributed by atoms with Crippen molar-refractivity contribution in [2.24, 2.45) is 5.92 Å². The molecule has 0 bridgehead atoms. The van der Waals surface area contributed by atoms with Crippen LogP contribution in [0.1, 0.15) is 54.7 Å². The minimum absolute atomic E-state index is 0.00620. The lowest BCUT2D eigenvalue weighted by molar-refractivity contribution is 0.0916. The first-order valence-corrected chi connectivity index (χ1v) is 7.25. The highest BCUT2D eigenvalue weighted by molar-refractivity contribution is 5.94. The molecular formula is C16H19N3O. The molecule has 1 aliphatic heterocycles. The molecule has 20 heavy (non-hydrogen) atoms. The number of fused-ring (bicyclic) bond motifs is 1. The summed E-state index contributed by atoms with van der Waals surface area (Å²) in [6, 6.07) is 10.5. The van der Waals surface area contributed by atoms with Gasteiger partial charge in [0.1, 0.15) is 5.82 Å². The van der Waals surface area contributed by atoms with E-state index in [0.717, 1.165) is 25.1 Å². The van der Waals surface area contributed by atoms with E-state index < -0.39 is 0 Å². The highest BCUT2D eigenvalue weighted by Gasteiger charge is 2.29. The van der Waals surface area contributed by atoms with Gasteiger partial charge in [-0.25, -0.2) is 9.67 Å². The Hall–Kier alpha value is -1.97. The van der Waals surface area contributed by atoms with Crippen molar-refractivity contribution in [2.45, 2.75) is 39.2 Å². The van der Waals surface area contributed by atoms with Gasteiger partial charge in [-0.05, 0) is 18.4 Å². The normalized spacial score (nSPS) is 18.8. The fraction of sp³-hybridized carbons (Fsp3) is 0.438. The molecule has 0 radical (unpaired) electrons. The number of carbonyl (C=O) groups is 1. The highest BCUT2D eigenvalue weighted by Crippen LogP contribution is 2.30. The summed E-state index contributed by atoms with van der Waals surface area (Å²) in [5, 5.41) is 4.47. The van der Waals surface area contributed by atoms with E-state index in [0.29, 0.717) is 5.82 Å². The molecule has 1 aromatic heterocycles. The van der Waals surface area contributed by atoms with Gasteiger partial charge in [-0.3, -0.25) is 4.79 Å². The van der Waals surface area contributed by atoms with Gasteiger partial charge in [-0.15, -0.1) is 5.10 Å². The van der Waals surface area contributed by atoms with Gasteiger partial charge in [0.2, 0.25) is 11.6 Å². The smallest absolute Gasteiger partial charge is 0.217 e. The van der Waals surface area contributed by atoms with E-state index in [2.05, 4.69) is 22.2 Å². The standard InChI is InChI=1S/C16H19N3O/c1-3-11(2)15(20)16-17-14-10-9-13(19(14)18-16)12-7-5-4-6-8-12/h4-8,11,13H,3,9-10H2,1-2H3. The lowest BCUT2D eigenvalue weighted by Crippen LogP contribution is -2.14. The van der Waals surface area contributed by atoms with Crippen LogP contribution in [-0.4, -0.2) is 20.5 Å². The van der Waals surface area contributed by atoms with E-state index in [1.165, 1.54) is 5.56 Å². The van der Waals surface area contributed by atoms with Crippen molar-refractivity contribution in [3.63, 3.8) is 0 Å². The van der Waals surface area contributed by atoms with Gasteiger partial charge in [0.05, 0.1) is 6.04 Å². The van der Waals surface area contributed by atoms with Gasteiger partial charge >= 0.3 is 0 Å². The van der Waals surface area contributed by atoms with E-state index in [4.69, 9.17) is 0 Å². The quantitative estimate of drug-likeness (QED) is 0.801. The van der Waals surface area contributed by atoms with Crippen molar-refractivity contribution in [3.05, 3.63) is 47.5 Å². The second-order valence-corrected chi connectivity index (χ2v) is 5.43. The molecule has 104 valence electrons. The second-order valence-electron chi connectivity index (χ2n) is 5.43. The van der Waals surface area contributed by atoms with Gasteiger partial charge < -0.3 is 0 Å². The fourth-order valence-electron chi connectivity index (χ4n) is 2.66. The molecule has 0 fully saturated rings. The summed E-state index contributed by atoms with van der Waals surface area (Å²) in [5.41, 5.74) is 1.23. The minimum atomic E-state index is -0.00620. The zero-order chi connectivity index (χ0) is 14.1. The Morgan fingerprint density at radius 2 is 2.15 bits per heavy atom. The fourth-order valence-corrected chi connectivity index (χ4v) is 2.66. The average Bonchev–Trinajstić information content (AvgIpc) is 3.06. The lowest BCUT2D eigenvalue weighted by Gasteiger charge is -2.11. The van der Waals surface area contributed by atoms with Crippen LogP contribution in [0.25, 0.3) is 0 Å². The van der Waals surface area contributed by atoms with E-state index in [1.807, 2.05) is 36.7 Å². The molecule has 2 atom stereocenters. The van der Waals surface area contributed by atoms with E-state index in [-0.39, 0.29) is 17.7 Å². The molecule has 0 saturated heterocycles. The van der Waals surface area contributed by atoms with Crippen molar-refractivity contribution in [1.82, 2.24) is 14.8 Å². The molecule has 2 heterocycles. The molecule has 2 aromatic rings. The summed E-state index contributed by atoms with van der Waals surface area (Å²) < 4.78 is 1.94. The van der Waals surface area contributed by atoms with Crippen LogP contribution in [-0.2, 0) is 6.42 Å². The maximum Gasteiger partial charge on any atom is 0.217 e. The molecule has 2 unspecified atom stereocenters. The number of ketones is 1. The molecule has 1 aliphatic rings. The molecule has 0 N–H and O–H groups in total. The molecule has 1 aromatic carbocycles. The zero-order valence-corrected chi connectivity index (χ0v) is 11.9. The van der Waals surface area contributed by atoms with Crippen LogP contribution in [0.5, 0.6) is 0 Å². The number of nitrogens with zero attached hydrogens (tertiary/aromatic N) is 3. The SMILES string of the molecule is CCC(C)C(=O)c1nc2n(n1)C(c1ccccc1)CC2. The van der Waals surface area contributed by atoms with Crippen molar-refractivity contribution < 1.29 is 4.79 Å². The number of hydrogen-bond donors (Lipinski definition) is 0. The van der Waals surface area contributed by atoms with Crippen LogP contribution in [0.4, 0.5) is 0 Å². The molecule has 0 spiro atoms. The van der Waals surface area contributed by atoms with Gasteiger partial charge in [0, 0.05) is 12.3 Å².